The number of amides is 3. The first kappa shape index (κ1) is 22.3. The topological polar surface area (TPSA) is 88.2 Å². The zero-order valence-electron chi connectivity index (χ0n) is 18.8. The van der Waals surface area contributed by atoms with E-state index < -0.39 is 11.9 Å². The number of phenolic OH excluding ortho intramolecular Hbond substituents is 1. The maximum absolute atomic E-state index is 13.3. The summed E-state index contributed by atoms with van der Waals surface area (Å²) in [6.45, 7) is 0. The van der Waals surface area contributed by atoms with Crippen molar-refractivity contribution in [2.24, 2.45) is 0 Å². The van der Waals surface area contributed by atoms with Crippen molar-refractivity contribution in [3.8, 4) is 5.75 Å². The van der Waals surface area contributed by atoms with E-state index >= 15 is 0 Å². The van der Waals surface area contributed by atoms with Gasteiger partial charge in [0.05, 0.1) is 11.4 Å². The molecule has 170 valence electrons. The van der Waals surface area contributed by atoms with Gasteiger partial charge in [-0.2, -0.15) is 0 Å². The van der Waals surface area contributed by atoms with E-state index in [-0.39, 0.29) is 5.75 Å². The molecule has 8 nitrogen and oxygen atoms in total. The normalized spacial score (nSPS) is 11.8. The predicted octanol–water partition coefficient (Wildman–Crippen LogP) is 4.18. The van der Waals surface area contributed by atoms with Gasteiger partial charge in [0, 0.05) is 54.9 Å². The molecular formula is C24H25N5O3S. The van der Waals surface area contributed by atoms with Crippen molar-refractivity contribution in [3.05, 3.63) is 66.2 Å². The monoisotopic (exact) mass is 463 g/mol. The Bertz CT molecular complexity index is 1150. The summed E-state index contributed by atoms with van der Waals surface area (Å²) in [5.74, 6) is -0.426. The van der Waals surface area contributed by atoms with Crippen LogP contribution in [0.4, 0.5) is 27.5 Å². The minimum Gasteiger partial charge on any atom is -0.508 e. The number of nitrogens with zero attached hydrogens (tertiary/aromatic N) is 3. The van der Waals surface area contributed by atoms with Crippen LogP contribution in [0.2, 0.25) is 0 Å². The van der Waals surface area contributed by atoms with Gasteiger partial charge in [-0.05, 0) is 60.7 Å². The lowest BCUT2D eigenvalue weighted by atomic mass is 10.2. The highest BCUT2D eigenvalue weighted by molar-refractivity contribution is 7.99. The lowest BCUT2D eigenvalue weighted by Gasteiger charge is -2.32. The van der Waals surface area contributed by atoms with Gasteiger partial charge < -0.3 is 14.9 Å². The summed E-state index contributed by atoms with van der Waals surface area (Å²) in [6, 6.07) is 17.1. The molecule has 9 heteroatoms. The van der Waals surface area contributed by atoms with Gasteiger partial charge in [0.2, 0.25) is 0 Å². The van der Waals surface area contributed by atoms with Crippen LogP contribution in [0.1, 0.15) is 10.4 Å². The molecule has 0 saturated heterocycles. The number of fused-ring (bicyclic) bond motifs is 2. The Balaban J connectivity index is 1.65. The van der Waals surface area contributed by atoms with Crippen LogP contribution in [0.5, 0.6) is 5.75 Å². The van der Waals surface area contributed by atoms with Crippen LogP contribution < -0.4 is 25.6 Å². The van der Waals surface area contributed by atoms with Crippen LogP contribution in [0, 0.1) is 0 Å². The first-order chi connectivity index (χ1) is 15.7. The molecule has 4 rings (SSSR count). The molecule has 0 bridgehead atoms. The predicted molar refractivity (Wildman–Crippen MR) is 132 cm³/mol. The van der Waals surface area contributed by atoms with Crippen LogP contribution in [-0.4, -0.2) is 45.2 Å². The standard InChI is InChI=1S/C24H25N5O3S/c1-27(2)16-7-11-19-21(13-16)33-22-14-17(28(3)4)8-12-20(22)29(19)24(32)26-25-23(31)15-5-9-18(30)10-6-15/h5-14,30H,1-4H3,(H,25,31)(H,26,32). The van der Waals surface area contributed by atoms with Gasteiger partial charge in [-0.15, -0.1) is 0 Å². The summed E-state index contributed by atoms with van der Waals surface area (Å²) in [7, 11) is 7.88. The molecule has 1 heterocycles. The summed E-state index contributed by atoms with van der Waals surface area (Å²) < 4.78 is 0. The highest BCUT2D eigenvalue weighted by Gasteiger charge is 2.29. The fourth-order valence-corrected chi connectivity index (χ4v) is 4.54. The van der Waals surface area contributed by atoms with E-state index in [4.69, 9.17) is 0 Å². The van der Waals surface area contributed by atoms with Crippen LogP contribution in [0.15, 0.2) is 70.5 Å². The van der Waals surface area contributed by atoms with E-state index in [9.17, 15) is 14.7 Å². The second kappa shape index (κ2) is 8.95. The van der Waals surface area contributed by atoms with Crippen molar-refractivity contribution < 1.29 is 14.7 Å². The van der Waals surface area contributed by atoms with E-state index in [2.05, 4.69) is 10.9 Å². The number of nitrogens with one attached hydrogen (secondary N) is 2. The van der Waals surface area contributed by atoms with Crippen molar-refractivity contribution in [2.45, 2.75) is 9.79 Å². The van der Waals surface area contributed by atoms with Gasteiger partial charge in [0.1, 0.15) is 5.75 Å². The quantitative estimate of drug-likeness (QED) is 0.505. The van der Waals surface area contributed by atoms with Crippen molar-refractivity contribution in [1.82, 2.24) is 10.9 Å². The summed E-state index contributed by atoms with van der Waals surface area (Å²) in [6.07, 6.45) is 0. The molecule has 33 heavy (non-hydrogen) atoms. The van der Waals surface area contributed by atoms with E-state index in [1.165, 1.54) is 24.3 Å². The van der Waals surface area contributed by atoms with E-state index in [0.717, 1.165) is 32.5 Å². The Labute approximate surface area is 196 Å². The maximum Gasteiger partial charge on any atom is 0.345 e. The zero-order valence-corrected chi connectivity index (χ0v) is 19.6. The Morgan fingerprint density at radius 1 is 0.788 bits per heavy atom. The van der Waals surface area contributed by atoms with Gasteiger partial charge in [-0.1, -0.05) is 11.8 Å². The van der Waals surface area contributed by atoms with Crippen LogP contribution in [-0.2, 0) is 0 Å². The SMILES string of the molecule is CN(C)c1ccc2c(c1)Sc1cc(N(C)C)ccc1N2C(=O)NNC(=O)c1ccc(O)cc1. The Hall–Kier alpha value is -3.85. The third-order valence-electron chi connectivity index (χ3n) is 5.24. The minimum absolute atomic E-state index is 0.0591. The first-order valence-corrected chi connectivity index (χ1v) is 11.1. The molecule has 0 spiro atoms. The molecule has 1 aliphatic rings. The average molecular weight is 464 g/mol. The lowest BCUT2D eigenvalue weighted by molar-refractivity contribution is 0.0937. The van der Waals surface area contributed by atoms with Crippen LogP contribution >= 0.6 is 11.8 Å². The second-order valence-corrected chi connectivity index (χ2v) is 9.05. The zero-order chi connectivity index (χ0) is 23.7. The summed E-state index contributed by atoms with van der Waals surface area (Å²) >= 11 is 1.60. The number of hydrogen-bond acceptors (Lipinski definition) is 6. The number of phenols is 1. The summed E-state index contributed by atoms with van der Waals surface area (Å²) in [4.78, 5) is 33.2. The average Bonchev–Trinajstić information content (AvgIpc) is 2.80. The Kier molecular flexibility index (Phi) is 6.06. The second-order valence-electron chi connectivity index (χ2n) is 7.96. The molecule has 0 unspecified atom stereocenters. The van der Waals surface area contributed by atoms with E-state index in [1.54, 1.807) is 16.7 Å². The molecule has 0 atom stereocenters. The van der Waals surface area contributed by atoms with Crippen molar-refractivity contribution in [2.75, 3.05) is 42.9 Å². The van der Waals surface area contributed by atoms with Gasteiger partial charge in [-0.25, -0.2) is 10.2 Å². The molecule has 0 saturated carbocycles. The van der Waals surface area contributed by atoms with E-state index in [0.29, 0.717) is 5.56 Å². The number of urea groups is 1. The number of carbonyl (C=O) groups is 2. The van der Waals surface area contributed by atoms with Crippen molar-refractivity contribution in [3.63, 3.8) is 0 Å². The van der Waals surface area contributed by atoms with Crippen molar-refractivity contribution in [1.29, 1.82) is 0 Å². The van der Waals surface area contributed by atoms with Crippen molar-refractivity contribution >= 4 is 46.4 Å². The van der Waals surface area contributed by atoms with Gasteiger partial charge >= 0.3 is 6.03 Å². The molecule has 0 fully saturated rings. The highest BCUT2D eigenvalue weighted by atomic mass is 32.2. The number of benzene rings is 3. The first-order valence-electron chi connectivity index (χ1n) is 10.2. The third-order valence-corrected chi connectivity index (χ3v) is 6.33. The Morgan fingerprint density at radius 2 is 1.30 bits per heavy atom. The fourth-order valence-electron chi connectivity index (χ4n) is 3.41. The molecule has 0 aliphatic carbocycles. The number of anilines is 4. The van der Waals surface area contributed by atoms with Gasteiger partial charge in [0.25, 0.3) is 5.91 Å². The van der Waals surface area contributed by atoms with Gasteiger partial charge in [0.15, 0.2) is 0 Å². The molecule has 0 aromatic heterocycles. The summed E-state index contributed by atoms with van der Waals surface area (Å²) in [5.41, 5.74) is 8.79. The fraction of sp³-hybridized carbons (Fsp3) is 0.167. The lowest BCUT2D eigenvalue weighted by Crippen LogP contribution is -2.48. The minimum atomic E-state index is -0.486. The number of carbonyl (C=O) groups excluding carboxylic acids is 2. The van der Waals surface area contributed by atoms with E-state index in [1.807, 2.05) is 74.4 Å². The molecule has 3 aromatic rings. The smallest absolute Gasteiger partial charge is 0.345 e. The Morgan fingerprint density at radius 3 is 1.79 bits per heavy atom. The van der Waals surface area contributed by atoms with Crippen LogP contribution in [0.3, 0.4) is 0 Å². The highest BCUT2D eigenvalue weighted by Crippen LogP contribution is 2.50. The molecule has 3 amide bonds. The third kappa shape index (κ3) is 4.54. The summed E-state index contributed by atoms with van der Waals surface area (Å²) in [5, 5.41) is 9.40. The number of rotatable bonds is 3. The molecular weight excluding hydrogens is 438 g/mol. The molecule has 1 aliphatic heterocycles. The largest absolute Gasteiger partial charge is 0.508 e. The number of hydrogen-bond donors (Lipinski definition) is 3. The molecule has 3 aromatic carbocycles. The van der Waals surface area contributed by atoms with Gasteiger partial charge in [-0.3, -0.25) is 15.1 Å². The number of hydrazine groups is 1. The molecule has 0 radical (unpaired) electrons. The molecule has 3 N–H and O–H groups in total. The maximum atomic E-state index is 13.3. The van der Waals surface area contributed by atoms with Crippen LogP contribution in [0.25, 0.3) is 0 Å². The number of aromatic hydroxyl groups is 1.